The fourth-order valence-corrected chi connectivity index (χ4v) is 1.91. The Morgan fingerprint density at radius 3 is 2.71 bits per heavy atom. The Kier molecular flexibility index (Phi) is 5.04. The SMILES string of the molecule is Cc1ccc(O)c(CNc2ccccc2OCC(C)C)n1. The van der Waals surface area contributed by atoms with Gasteiger partial charge >= 0.3 is 0 Å². The van der Waals surface area contributed by atoms with Crippen molar-refractivity contribution in [2.24, 2.45) is 5.92 Å². The number of nitrogens with zero attached hydrogens (tertiary/aromatic N) is 1. The number of aromatic hydroxyl groups is 1. The first-order valence-electron chi connectivity index (χ1n) is 7.17. The number of pyridine rings is 1. The molecule has 2 N–H and O–H groups in total. The van der Waals surface area contributed by atoms with Crippen LogP contribution in [0.3, 0.4) is 0 Å². The van der Waals surface area contributed by atoms with Crippen LogP contribution in [0.5, 0.6) is 11.5 Å². The van der Waals surface area contributed by atoms with Gasteiger partial charge in [0.15, 0.2) is 0 Å². The predicted octanol–water partition coefficient (Wildman–Crippen LogP) is 3.74. The predicted molar refractivity (Wildman–Crippen MR) is 84.7 cm³/mol. The van der Waals surface area contributed by atoms with Crippen LogP contribution >= 0.6 is 0 Å². The number of rotatable bonds is 6. The summed E-state index contributed by atoms with van der Waals surface area (Å²) in [6.07, 6.45) is 0. The number of hydrogen-bond donors (Lipinski definition) is 2. The molecule has 2 rings (SSSR count). The van der Waals surface area contributed by atoms with Crippen LogP contribution < -0.4 is 10.1 Å². The number of anilines is 1. The van der Waals surface area contributed by atoms with Crippen molar-refractivity contribution in [3.63, 3.8) is 0 Å². The van der Waals surface area contributed by atoms with Gasteiger partial charge in [-0.3, -0.25) is 4.98 Å². The van der Waals surface area contributed by atoms with Crippen LogP contribution in [-0.4, -0.2) is 16.7 Å². The van der Waals surface area contributed by atoms with Crippen LogP contribution in [0, 0.1) is 12.8 Å². The van der Waals surface area contributed by atoms with Gasteiger partial charge in [0.1, 0.15) is 17.2 Å². The molecule has 0 saturated heterocycles. The highest BCUT2D eigenvalue weighted by Gasteiger charge is 2.07. The van der Waals surface area contributed by atoms with Gasteiger partial charge in [0, 0.05) is 5.69 Å². The van der Waals surface area contributed by atoms with Crippen molar-refractivity contribution in [3.8, 4) is 11.5 Å². The lowest BCUT2D eigenvalue weighted by Crippen LogP contribution is -2.08. The summed E-state index contributed by atoms with van der Waals surface area (Å²) in [5, 5.41) is 13.1. The van der Waals surface area contributed by atoms with E-state index in [2.05, 4.69) is 24.1 Å². The van der Waals surface area contributed by atoms with Gasteiger partial charge in [-0.2, -0.15) is 0 Å². The number of aromatic nitrogens is 1. The lowest BCUT2D eigenvalue weighted by molar-refractivity contribution is 0.272. The lowest BCUT2D eigenvalue weighted by Gasteiger charge is -2.14. The maximum atomic E-state index is 9.82. The molecule has 0 aliphatic heterocycles. The Morgan fingerprint density at radius 2 is 1.95 bits per heavy atom. The molecule has 1 aromatic carbocycles. The number of benzene rings is 1. The summed E-state index contributed by atoms with van der Waals surface area (Å²) in [7, 11) is 0. The zero-order valence-corrected chi connectivity index (χ0v) is 12.8. The molecule has 0 bridgehead atoms. The lowest BCUT2D eigenvalue weighted by atomic mass is 10.2. The Bertz CT molecular complexity index is 597. The summed E-state index contributed by atoms with van der Waals surface area (Å²) < 4.78 is 5.80. The highest BCUT2D eigenvalue weighted by atomic mass is 16.5. The number of ether oxygens (including phenoxy) is 1. The largest absolute Gasteiger partial charge is 0.506 e. The van der Waals surface area contributed by atoms with E-state index in [4.69, 9.17) is 4.74 Å². The molecule has 21 heavy (non-hydrogen) atoms. The van der Waals surface area contributed by atoms with Crippen molar-refractivity contribution in [1.82, 2.24) is 4.98 Å². The maximum Gasteiger partial charge on any atom is 0.142 e. The Labute approximate surface area is 125 Å². The fourth-order valence-electron chi connectivity index (χ4n) is 1.91. The molecule has 0 unspecified atom stereocenters. The van der Waals surface area contributed by atoms with E-state index in [-0.39, 0.29) is 5.75 Å². The first-order chi connectivity index (χ1) is 10.1. The summed E-state index contributed by atoms with van der Waals surface area (Å²) in [5.74, 6) is 1.49. The molecule has 0 atom stereocenters. The molecule has 1 aromatic heterocycles. The molecular weight excluding hydrogens is 264 g/mol. The number of nitrogens with one attached hydrogen (secondary N) is 1. The Balaban J connectivity index is 2.07. The van der Waals surface area contributed by atoms with Gasteiger partial charge in [-0.25, -0.2) is 0 Å². The first-order valence-corrected chi connectivity index (χ1v) is 7.17. The van der Waals surface area contributed by atoms with Gasteiger partial charge in [0.2, 0.25) is 0 Å². The zero-order chi connectivity index (χ0) is 15.2. The van der Waals surface area contributed by atoms with E-state index in [0.29, 0.717) is 24.8 Å². The standard InChI is InChI=1S/C17H22N2O2/c1-12(2)11-21-17-7-5-4-6-14(17)18-10-15-16(20)9-8-13(3)19-15/h4-9,12,18,20H,10-11H2,1-3H3. The number of aryl methyl sites for hydroxylation is 1. The van der Waals surface area contributed by atoms with E-state index in [0.717, 1.165) is 17.1 Å². The van der Waals surface area contributed by atoms with E-state index in [9.17, 15) is 5.11 Å². The monoisotopic (exact) mass is 286 g/mol. The molecule has 4 heteroatoms. The highest BCUT2D eigenvalue weighted by Crippen LogP contribution is 2.25. The quantitative estimate of drug-likeness (QED) is 0.849. The number of para-hydroxylation sites is 2. The van der Waals surface area contributed by atoms with E-state index in [1.165, 1.54) is 0 Å². The van der Waals surface area contributed by atoms with Crippen LogP contribution in [0.25, 0.3) is 0 Å². The van der Waals surface area contributed by atoms with Crippen molar-refractivity contribution in [2.45, 2.75) is 27.3 Å². The third kappa shape index (κ3) is 4.38. The molecule has 0 aliphatic rings. The molecule has 0 aliphatic carbocycles. The summed E-state index contributed by atoms with van der Waals surface area (Å²) in [6.45, 7) is 7.26. The highest BCUT2D eigenvalue weighted by molar-refractivity contribution is 5.56. The molecule has 112 valence electrons. The molecule has 4 nitrogen and oxygen atoms in total. The summed E-state index contributed by atoms with van der Waals surface area (Å²) in [4.78, 5) is 4.34. The minimum Gasteiger partial charge on any atom is -0.506 e. The molecular formula is C17H22N2O2. The average Bonchev–Trinajstić information content (AvgIpc) is 2.47. The first kappa shape index (κ1) is 15.2. The smallest absolute Gasteiger partial charge is 0.142 e. The van der Waals surface area contributed by atoms with Crippen LogP contribution in [0.4, 0.5) is 5.69 Å². The second-order valence-electron chi connectivity index (χ2n) is 5.47. The van der Waals surface area contributed by atoms with Gasteiger partial charge in [-0.15, -0.1) is 0 Å². The van der Waals surface area contributed by atoms with Gasteiger partial charge < -0.3 is 15.2 Å². The normalized spacial score (nSPS) is 10.7. The Morgan fingerprint density at radius 1 is 1.19 bits per heavy atom. The molecule has 0 spiro atoms. The van der Waals surface area contributed by atoms with Crippen LogP contribution in [-0.2, 0) is 6.54 Å². The summed E-state index contributed by atoms with van der Waals surface area (Å²) >= 11 is 0. The van der Waals surface area contributed by atoms with Crippen molar-refractivity contribution in [2.75, 3.05) is 11.9 Å². The molecule has 0 radical (unpaired) electrons. The zero-order valence-electron chi connectivity index (χ0n) is 12.8. The van der Waals surface area contributed by atoms with Gasteiger partial charge in [0.25, 0.3) is 0 Å². The molecule has 0 amide bonds. The van der Waals surface area contributed by atoms with E-state index >= 15 is 0 Å². The summed E-state index contributed by atoms with van der Waals surface area (Å²) in [5.41, 5.74) is 2.42. The second-order valence-corrected chi connectivity index (χ2v) is 5.47. The van der Waals surface area contributed by atoms with Gasteiger partial charge in [0.05, 0.1) is 18.8 Å². The third-order valence-electron chi connectivity index (χ3n) is 2.99. The van der Waals surface area contributed by atoms with Crippen LogP contribution in [0.1, 0.15) is 25.2 Å². The van der Waals surface area contributed by atoms with Crippen molar-refractivity contribution >= 4 is 5.69 Å². The minimum atomic E-state index is 0.202. The van der Waals surface area contributed by atoms with Crippen LogP contribution in [0.15, 0.2) is 36.4 Å². The third-order valence-corrected chi connectivity index (χ3v) is 2.99. The van der Waals surface area contributed by atoms with Crippen molar-refractivity contribution in [3.05, 3.63) is 47.8 Å². The van der Waals surface area contributed by atoms with Crippen LogP contribution in [0.2, 0.25) is 0 Å². The summed E-state index contributed by atoms with van der Waals surface area (Å²) in [6, 6.07) is 11.3. The van der Waals surface area contributed by atoms with Gasteiger partial charge in [-0.05, 0) is 37.1 Å². The molecule has 0 fully saturated rings. The molecule has 1 heterocycles. The van der Waals surface area contributed by atoms with Gasteiger partial charge in [-0.1, -0.05) is 26.0 Å². The van der Waals surface area contributed by atoms with E-state index in [1.807, 2.05) is 31.2 Å². The molecule has 2 aromatic rings. The van der Waals surface area contributed by atoms with Crippen molar-refractivity contribution < 1.29 is 9.84 Å². The van der Waals surface area contributed by atoms with E-state index < -0.39 is 0 Å². The fraction of sp³-hybridized carbons (Fsp3) is 0.353. The van der Waals surface area contributed by atoms with E-state index in [1.54, 1.807) is 12.1 Å². The second kappa shape index (κ2) is 6.97. The topological polar surface area (TPSA) is 54.4 Å². The minimum absolute atomic E-state index is 0.202. The molecule has 0 saturated carbocycles. The maximum absolute atomic E-state index is 9.82. The van der Waals surface area contributed by atoms with Crippen molar-refractivity contribution in [1.29, 1.82) is 0 Å². The number of hydrogen-bond acceptors (Lipinski definition) is 4. The Hall–Kier alpha value is -2.23. The average molecular weight is 286 g/mol.